The number of amides is 1. The zero-order chi connectivity index (χ0) is 21.6. The highest BCUT2D eigenvalue weighted by Gasteiger charge is 2.30. The van der Waals surface area contributed by atoms with Crippen molar-refractivity contribution >= 4 is 27.5 Å². The molecule has 0 aliphatic carbocycles. The van der Waals surface area contributed by atoms with E-state index in [2.05, 4.69) is 6.92 Å². The van der Waals surface area contributed by atoms with E-state index in [1.54, 1.807) is 7.11 Å². The largest absolute Gasteiger partial charge is 0.496 e. The van der Waals surface area contributed by atoms with Crippen molar-refractivity contribution in [3.8, 4) is 5.75 Å². The molecule has 7 heteroatoms. The molecule has 1 amide bonds. The summed E-state index contributed by atoms with van der Waals surface area (Å²) in [5.41, 5.74) is 2.14. The third-order valence-corrected chi connectivity index (χ3v) is 8.66. The summed E-state index contributed by atoms with van der Waals surface area (Å²) < 4.78 is 28.9. The van der Waals surface area contributed by atoms with Gasteiger partial charge in [-0.2, -0.15) is 0 Å². The van der Waals surface area contributed by atoms with E-state index in [9.17, 15) is 13.2 Å². The van der Waals surface area contributed by atoms with Crippen LogP contribution in [0.3, 0.4) is 0 Å². The van der Waals surface area contributed by atoms with Gasteiger partial charge in [-0.1, -0.05) is 48.5 Å². The fraction of sp³-hybridized carbons (Fsp3) is 0.435. The topological polar surface area (TPSA) is 63.7 Å². The normalized spacial score (nSPS) is 18.7. The van der Waals surface area contributed by atoms with Crippen LogP contribution in [0.15, 0.2) is 54.6 Å². The van der Waals surface area contributed by atoms with Gasteiger partial charge in [-0.05, 0) is 37.0 Å². The van der Waals surface area contributed by atoms with Crippen LogP contribution >= 0.6 is 11.8 Å². The highest BCUT2D eigenvalue weighted by molar-refractivity contribution is 8.02. The Balaban J connectivity index is 1.71. The molecule has 162 valence electrons. The van der Waals surface area contributed by atoms with E-state index in [1.807, 2.05) is 59.5 Å². The minimum Gasteiger partial charge on any atom is -0.496 e. The van der Waals surface area contributed by atoms with E-state index >= 15 is 0 Å². The number of carbonyl (C=O) groups excluding carboxylic acids is 1. The van der Waals surface area contributed by atoms with Crippen molar-refractivity contribution < 1.29 is 17.9 Å². The zero-order valence-electron chi connectivity index (χ0n) is 17.5. The first-order valence-electron chi connectivity index (χ1n) is 10.2. The Morgan fingerprint density at radius 3 is 2.53 bits per heavy atom. The van der Waals surface area contributed by atoms with Crippen LogP contribution in [0, 0.1) is 0 Å². The maximum Gasteiger partial charge on any atom is 0.233 e. The lowest BCUT2D eigenvalue weighted by Gasteiger charge is -2.30. The van der Waals surface area contributed by atoms with E-state index in [-0.39, 0.29) is 28.7 Å². The van der Waals surface area contributed by atoms with Gasteiger partial charge in [-0.15, -0.1) is 11.8 Å². The molecule has 1 saturated heterocycles. The molecule has 1 heterocycles. The number of hydrogen-bond acceptors (Lipinski definition) is 5. The molecular weight excluding hydrogens is 418 g/mol. The van der Waals surface area contributed by atoms with Gasteiger partial charge >= 0.3 is 0 Å². The molecule has 2 unspecified atom stereocenters. The molecule has 1 aliphatic rings. The predicted molar refractivity (Wildman–Crippen MR) is 123 cm³/mol. The van der Waals surface area contributed by atoms with Crippen molar-refractivity contribution in [1.29, 1.82) is 0 Å². The van der Waals surface area contributed by atoms with Crippen molar-refractivity contribution in [3.05, 3.63) is 65.7 Å². The molecule has 2 aromatic rings. The van der Waals surface area contributed by atoms with Crippen molar-refractivity contribution in [2.24, 2.45) is 0 Å². The van der Waals surface area contributed by atoms with Crippen LogP contribution in [-0.4, -0.2) is 54.9 Å². The Morgan fingerprint density at radius 2 is 1.87 bits per heavy atom. The number of methoxy groups -OCH3 is 1. The van der Waals surface area contributed by atoms with Gasteiger partial charge in [0.05, 0.1) is 24.4 Å². The first kappa shape index (κ1) is 22.7. The predicted octanol–water partition coefficient (Wildman–Crippen LogP) is 3.58. The number of hydrogen-bond donors (Lipinski definition) is 0. The van der Waals surface area contributed by atoms with E-state index in [1.165, 1.54) is 11.8 Å². The number of ether oxygens (including phenoxy) is 1. The highest BCUT2D eigenvalue weighted by atomic mass is 32.2. The zero-order valence-corrected chi connectivity index (χ0v) is 19.1. The standard InChI is InChI=1S/C23H29NO4S2/c1-18(14-20-10-6-7-11-22(20)28-2)24(15-19-8-4-3-5-9-19)23(25)16-29-21-12-13-30(26,27)17-21/h3-11,18,21H,12-17H2,1-2H3. The lowest BCUT2D eigenvalue weighted by atomic mass is 10.0. The quantitative estimate of drug-likeness (QED) is 0.588. The van der Waals surface area contributed by atoms with E-state index in [0.717, 1.165) is 16.9 Å². The van der Waals surface area contributed by atoms with Crippen LogP contribution in [-0.2, 0) is 27.6 Å². The fourth-order valence-electron chi connectivity index (χ4n) is 3.73. The van der Waals surface area contributed by atoms with Gasteiger partial charge in [0.15, 0.2) is 9.84 Å². The monoisotopic (exact) mass is 447 g/mol. The molecule has 2 atom stereocenters. The molecule has 1 fully saturated rings. The van der Waals surface area contributed by atoms with E-state index in [0.29, 0.717) is 25.1 Å². The first-order chi connectivity index (χ1) is 14.4. The molecule has 5 nitrogen and oxygen atoms in total. The highest BCUT2D eigenvalue weighted by Crippen LogP contribution is 2.26. The Bertz CT molecular complexity index is 947. The summed E-state index contributed by atoms with van der Waals surface area (Å²) in [6, 6.07) is 17.8. The molecule has 0 spiro atoms. The number of carbonyl (C=O) groups is 1. The van der Waals surface area contributed by atoms with Crippen LogP contribution < -0.4 is 4.74 Å². The summed E-state index contributed by atoms with van der Waals surface area (Å²) in [4.78, 5) is 15.1. The fourth-order valence-corrected chi connectivity index (χ4v) is 7.26. The number of thioether (sulfide) groups is 1. The third-order valence-electron chi connectivity index (χ3n) is 5.39. The third kappa shape index (κ3) is 6.25. The summed E-state index contributed by atoms with van der Waals surface area (Å²) in [7, 11) is -1.28. The smallest absolute Gasteiger partial charge is 0.233 e. The van der Waals surface area contributed by atoms with Crippen molar-refractivity contribution in [3.63, 3.8) is 0 Å². The maximum atomic E-state index is 13.2. The van der Waals surface area contributed by atoms with Crippen LogP contribution in [0.2, 0.25) is 0 Å². The van der Waals surface area contributed by atoms with Crippen LogP contribution in [0.25, 0.3) is 0 Å². The molecule has 3 rings (SSSR count). The van der Waals surface area contributed by atoms with Crippen LogP contribution in [0.4, 0.5) is 0 Å². The van der Waals surface area contributed by atoms with Gasteiger partial charge in [0.1, 0.15) is 5.75 Å². The van der Waals surface area contributed by atoms with E-state index < -0.39 is 9.84 Å². The summed E-state index contributed by atoms with van der Waals surface area (Å²) in [5.74, 6) is 1.57. The number of para-hydroxylation sites is 1. The molecular formula is C23H29NO4S2. The maximum absolute atomic E-state index is 13.2. The molecule has 0 N–H and O–H groups in total. The molecule has 30 heavy (non-hydrogen) atoms. The van der Waals surface area contributed by atoms with Gasteiger partial charge in [-0.25, -0.2) is 8.42 Å². The summed E-state index contributed by atoms with van der Waals surface area (Å²) in [5, 5.41) is 0.0158. The minimum atomic E-state index is -2.94. The van der Waals surface area contributed by atoms with Gasteiger partial charge in [-0.3, -0.25) is 4.79 Å². The lowest BCUT2D eigenvalue weighted by molar-refractivity contribution is -0.131. The van der Waals surface area contributed by atoms with Gasteiger partial charge in [0, 0.05) is 17.8 Å². The summed E-state index contributed by atoms with van der Waals surface area (Å²) in [6.45, 7) is 2.58. The average Bonchev–Trinajstić information content (AvgIpc) is 3.10. The van der Waals surface area contributed by atoms with Gasteiger partial charge in [0.25, 0.3) is 0 Å². The molecule has 2 aromatic carbocycles. The molecule has 0 aromatic heterocycles. The summed E-state index contributed by atoms with van der Waals surface area (Å²) in [6.07, 6.45) is 1.32. The Hall–Kier alpha value is -1.99. The van der Waals surface area contributed by atoms with Gasteiger partial charge in [0.2, 0.25) is 5.91 Å². The van der Waals surface area contributed by atoms with Crippen molar-refractivity contribution in [2.75, 3.05) is 24.4 Å². The second kappa shape index (κ2) is 10.4. The van der Waals surface area contributed by atoms with Crippen molar-refractivity contribution in [2.45, 2.75) is 37.6 Å². The molecule has 1 aliphatic heterocycles. The van der Waals surface area contributed by atoms with Crippen molar-refractivity contribution in [1.82, 2.24) is 4.90 Å². The number of rotatable bonds is 9. The Labute approximate surface area is 183 Å². The SMILES string of the molecule is COc1ccccc1CC(C)N(Cc1ccccc1)C(=O)CSC1CCS(=O)(=O)C1. The first-order valence-corrected chi connectivity index (χ1v) is 13.0. The van der Waals surface area contributed by atoms with Crippen LogP contribution in [0.5, 0.6) is 5.75 Å². The van der Waals surface area contributed by atoms with Gasteiger partial charge < -0.3 is 9.64 Å². The Morgan fingerprint density at radius 1 is 1.17 bits per heavy atom. The van der Waals surface area contributed by atoms with E-state index in [4.69, 9.17) is 4.74 Å². The molecule has 0 radical (unpaired) electrons. The second-order valence-corrected chi connectivity index (χ2v) is 11.2. The van der Waals surface area contributed by atoms with Crippen LogP contribution in [0.1, 0.15) is 24.5 Å². The number of benzene rings is 2. The lowest BCUT2D eigenvalue weighted by Crippen LogP contribution is -2.40. The average molecular weight is 448 g/mol. The minimum absolute atomic E-state index is 0.0158. The Kier molecular flexibility index (Phi) is 7.83. The number of nitrogens with zero attached hydrogens (tertiary/aromatic N) is 1. The summed E-state index contributed by atoms with van der Waals surface area (Å²) >= 11 is 1.47. The molecule has 0 saturated carbocycles. The molecule has 0 bridgehead atoms. The second-order valence-electron chi connectivity index (χ2n) is 7.71. The number of sulfone groups is 1.